The number of fused-ring (bicyclic) bond motifs is 1. The van der Waals surface area contributed by atoms with Gasteiger partial charge in [0.2, 0.25) is 0 Å². The molecule has 0 radical (unpaired) electrons. The van der Waals surface area contributed by atoms with E-state index >= 15 is 0 Å². The van der Waals surface area contributed by atoms with Crippen LogP contribution < -0.4 is 0 Å². The van der Waals surface area contributed by atoms with E-state index in [2.05, 4.69) is 11.9 Å². The number of aromatic nitrogens is 1. The van der Waals surface area contributed by atoms with Crippen LogP contribution >= 0.6 is 11.3 Å². The van der Waals surface area contributed by atoms with Crippen LogP contribution in [0.1, 0.15) is 44.0 Å². The Morgan fingerprint density at radius 2 is 1.89 bits per heavy atom. The number of hydrogen-bond acceptors (Lipinski definition) is 2. The number of rotatable bonds is 6. The third kappa shape index (κ3) is 3.05. The molecule has 1 heterocycles. The van der Waals surface area contributed by atoms with Crippen molar-refractivity contribution in [3.05, 3.63) is 28.8 Å². The molecule has 0 aliphatic carbocycles. The highest BCUT2D eigenvalue weighted by Crippen LogP contribution is 2.26. The van der Waals surface area contributed by atoms with Gasteiger partial charge in [0, 0.05) is 0 Å². The molecule has 2 rings (SSSR count). The zero-order chi connectivity index (χ0) is 13.0. The third-order valence-electron chi connectivity index (χ3n) is 2.99. The molecule has 0 spiro atoms. The molecule has 0 amide bonds. The van der Waals surface area contributed by atoms with E-state index in [4.69, 9.17) is 0 Å². The minimum absolute atomic E-state index is 0.184. The fourth-order valence-corrected chi connectivity index (χ4v) is 2.98. The molecule has 0 unspecified atom stereocenters. The van der Waals surface area contributed by atoms with Crippen LogP contribution in [0.25, 0.3) is 10.2 Å². The quantitative estimate of drug-likeness (QED) is 0.666. The second-order valence-corrected chi connectivity index (χ2v) is 5.60. The molecule has 1 aromatic heterocycles. The molecule has 0 fully saturated rings. The average Bonchev–Trinajstić information content (AvgIpc) is 2.78. The molecule has 0 saturated carbocycles. The number of halogens is 2. The van der Waals surface area contributed by atoms with Gasteiger partial charge in [0.25, 0.3) is 0 Å². The van der Waals surface area contributed by atoms with Crippen molar-refractivity contribution in [3.8, 4) is 0 Å². The summed E-state index contributed by atoms with van der Waals surface area (Å²) in [5.74, 6) is -1.64. The van der Waals surface area contributed by atoms with E-state index in [-0.39, 0.29) is 5.52 Å². The van der Waals surface area contributed by atoms with Gasteiger partial charge >= 0.3 is 0 Å². The summed E-state index contributed by atoms with van der Waals surface area (Å²) in [5.41, 5.74) is 0.184. The lowest BCUT2D eigenvalue weighted by atomic mass is 10.1. The fraction of sp³-hybridized carbons (Fsp3) is 0.500. The molecule has 1 aromatic carbocycles. The largest absolute Gasteiger partial charge is 0.238 e. The molecule has 0 aliphatic rings. The maximum Gasteiger partial charge on any atom is 0.185 e. The zero-order valence-corrected chi connectivity index (χ0v) is 11.3. The summed E-state index contributed by atoms with van der Waals surface area (Å²) in [7, 11) is 0. The Morgan fingerprint density at radius 1 is 1.11 bits per heavy atom. The summed E-state index contributed by atoms with van der Waals surface area (Å²) in [4.78, 5) is 4.19. The van der Waals surface area contributed by atoms with Gasteiger partial charge in [0.1, 0.15) is 5.52 Å². The van der Waals surface area contributed by atoms with Gasteiger partial charge in [-0.1, -0.05) is 32.6 Å². The van der Waals surface area contributed by atoms with Crippen LogP contribution in [0.2, 0.25) is 0 Å². The molecule has 0 aliphatic heterocycles. The Morgan fingerprint density at radius 3 is 2.67 bits per heavy atom. The molecular formula is C14H17F2NS. The van der Waals surface area contributed by atoms with Gasteiger partial charge in [0.15, 0.2) is 11.6 Å². The molecule has 4 heteroatoms. The molecular weight excluding hydrogens is 252 g/mol. The van der Waals surface area contributed by atoms with Gasteiger partial charge in [-0.05, 0) is 25.0 Å². The molecule has 0 saturated heterocycles. The standard InChI is InChI=1S/C14H17F2NS/c1-2-3-4-5-6-7-12-17-14-11(18-12)9-8-10(15)13(14)16/h8-9H,2-7H2,1H3. The fourth-order valence-electron chi connectivity index (χ4n) is 1.97. The van der Waals surface area contributed by atoms with E-state index in [9.17, 15) is 8.78 Å². The summed E-state index contributed by atoms with van der Waals surface area (Å²) in [6, 6.07) is 2.77. The van der Waals surface area contributed by atoms with Crippen LogP contribution in [0.4, 0.5) is 8.78 Å². The lowest BCUT2D eigenvalue weighted by Crippen LogP contribution is -1.87. The summed E-state index contributed by atoms with van der Waals surface area (Å²) < 4.78 is 27.2. The normalized spacial score (nSPS) is 11.3. The van der Waals surface area contributed by atoms with Gasteiger partial charge in [-0.2, -0.15) is 0 Å². The van der Waals surface area contributed by atoms with E-state index in [1.54, 1.807) is 6.07 Å². The maximum absolute atomic E-state index is 13.5. The van der Waals surface area contributed by atoms with Gasteiger partial charge in [0.05, 0.1) is 9.71 Å². The highest BCUT2D eigenvalue weighted by molar-refractivity contribution is 7.18. The Bertz CT molecular complexity index is 522. The summed E-state index contributed by atoms with van der Waals surface area (Å²) in [5, 5.41) is 0.908. The molecule has 2 aromatic rings. The second-order valence-electron chi connectivity index (χ2n) is 4.48. The predicted octanol–water partition coefficient (Wildman–Crippen LogP) is 5.09. The number of hydrogen-bond donors (Lipinski definition) is 0. The van der Waals surface area contributed by atoms with E-state index in [1.807, 2.05) is 0 Å². The van der Waals surface area contributed by atoms with Crippen molar-refractivity contribution in [2.45, 2.75) is 45.4 Å². The van der Waals surface area contributed by atoms with Crippen LogP contribution in [-0.2, 0) is 6.42 Å². The molecule has 98 valence electrons. The van der Waals surface area contributed by atoms with E-state index in [1.165, 1.54) is 43.1 Å². The van der Waals surface area contributed by atoms with Crippen LogP contribution in [0.3, 0.4) is 0 Å². The van der Waals surface area contributed by atoms with E-state index < -0.39 is 11.6 Å². The van der Waals surface area contributed by atoms with Gasteiger partial charge in [-0.3, -0.25) is 0 Å². The van der Waals surface area contributed by atoms with Crippen LogP contribution in [-0.4, -0.2) is 4.98 Å². The summed E-state index contributed by atoms with van der Waals surface area (Å²) >= 11 is 1.47. The number of unbranched alkanes of at least 4 members (excludes halogenated alkanes) is 4. The Balaban J connectivity index is 2.00. The lowest BCUT2D eigenvalue weighted by molar-refractivity contribution is 0.515. The lowest BCUT2D eigenvalue weighted by Gasteiger charge is -1.97. The first-order valence-electron chi connectivity index (χ1n) is 6.45. The zero-order valence-electron chi connectivity index (χ0n) is 10.5. The van der Waals surface area contributed by atoms with E-state index in [0.29, 0.717) is 0 Å². The minimum Gasteiger partial charge on any atom is -0.238 e. The van der Waals surface area contributed by atoms with Gasteiger partial charge < -0.3 is 0 Å². The molecule has 0 N–H and O–H groups in total. The van der Waals surface area contributed by atoms with Crippen molar-refractivity contribution < 1.29 is 8.78 Å². The topological polar surface area (TPSA) is 12.9 Å². The van der Waals surface area contributed by atoms with Crippen LogP contribution in [0, 0.1) is 11.6 Å². The number of benzene rings is 1. The first-order chi connectivity index (χ1) is 8.72. The predicted molar refractivity (Wildman–Crippen MR) is 72.0 cm³/mol. The maximum atomic E-state index is 13.5. The monoisotopic (exact) mass is 269 g/mol. The highest BCUT2D eigenvalue weighted by atomic mass is 32.1. The van der Waals surface area contributed by atoms with Crippen LogP contribution in [0.15, 0.2) is 12.1 Å². The van der Waals surface area contributed by atoms with Crippen molar-refractivity contribution in [1.82, 2.24) is 4.98 Å². The summed E-state index contributed by atoms with van der Waals surface area (Å²) in [6.45, 7) is 2.19. The first kappa shape index (κ1) is 13.4. The number of nitrogens with zero attached hydrogens (tertiary/aromatic N) is 1. The second kappa shape index (κ2) is 6.23. The molecule has 0 atom stereocenters. The third-order valence-corrected chi connectivity index (χ3v) is 4.07. The average molecular weight is 269 g/mol. The Labute approximate surface area is 110 Å². The van der Waals surface area contributed by atoms with Crippen molar-refractivity contribution in [2.24, 2.45) is 0 Å². The molecule has 1 nitrogen and oxygen atoms in total. The molecule has 18 heavy (non-hydrogen) atoms. The Kier molecular flexibility index (Phi) is 4.64. The van der Waals surface area contributed by atoms with Crippen molar-refractivity contribution in [2.75, 3.05) is 0 Å². The SMILES string of the molecule is CCCCCCCc1nc2c(F)c(F)ccc2s1. The Hall–Kier alpha value is -1.03. The van der Waals surface area contributed by atoms with E-state index in [0.717, 1.165) is 22.5 Å². The summed E-state index contributed by atoms with van der Waals surface area (Å²) in [6.07, 6.45) is 6.85. The number of aryl methyl sites for hydroxylation is 1. The van der Waals surface area contributed by atoms with Crippen molar-refractivity contribution >= 4 is 21.6 Å². The number of thiazole rings is 1. The minimum atomic E-state index is -0.819. The highest BCUT2D eigenvalue weighted by Gasteiger charge is 2.11. The van der Waals surface area contributed by atoms with Crippen molar-refractivity contribution in [3.63, 3.8) is 0 Å². The smallest absolute Gasteiger partial charge is 0.185 e. The molecule has 0 bridgehead atoms. The van der Waals surface area contributed by atoms with Gasteiger partial charge in [-0.25, -0.2) is 13.8 Å². The van der Waals surface area contributed by atoms with Gasteiger partial charge in [-0.15, -0.1) is 11.3 Å². The van der Waals surface area contributed by atoms with Crippen LogP contribution in [0.5, 0.6) is 0 Å². The van der Waals surface area contributed by atoms with Crippen molar-refractivity contribution in [1.29, 1.82) is 0 Å². The first-order valence-corrected chi connectivity index (χ1v) is 7.27.